The largest absolute Gasteiger partial charge is 0.417 e. The fourth-order valence-electron chi connectivity index (χ4n) is 3.52. The Morgan fingerprint density at radius 3 is 2.67 bits per heavy atom. The lowest BCUT2D eigenvalue weighted by Gasteiger charge is -2.34. The maximum absolute atomic E-state index is 12.5. The Labute approximate surface area is 172 Å². The number of nitrogens with zero attached hydrogens (tertiary/aromatic N) is 3. The van der Waals surface area contributed by atoms with Crippen LogP contribution in [0.1, 0.15) is 16.8 Å². The minimum atomic E-state index is -0.527. The molecule has 30 heavy (non-hydrogen) atoms. The van der Waals surface area contributed by atoms with Crippen molar-refractivity contribution in [3.63, 3.8) is 0 Å². The lowest BCUT2D eigenvalue weighted by molar-refractivity contribution is -0.117. The zero-order chi connectivity index (χ0) is 20.9. The first-order valence-corrected chi connectivity index (χ1v) is 9.88. The number of nitrogens with one attached hydrogen (secondary N) is 2. The van der Waals surface area contributed by atoms with E-state index in [0.717, 1.165) is 26.2 Å². The van der Waals surface area contributed by atoms with E-state index >= 15 is 0 Å². The summed E-state index contributed by atoms with van der Waals surface area (Å²) in [4.78, 5) is 46.9. The normalized spacial score (nSPS) is 15.3. The van der Waals surface area contributed by atoms with Crippen molar-refractivity contribution in [2.45, 2.75) is 6.42 Å². The van der Waals surface area contributed by atoms with Crippen LogP contribution in [-0.2, 0) is 4.79 Å². The molecule has 9 heteroatoms. The van der Waals surface area contributed by atoms with Crippen molar-refractivity contribution in [2.75, 3.05) is 44.6 Å². The highest BCUT2D eigenvalue weighted by molar-refractivity contribution is 5.98. The summed E-state index contributed by atoms with van der Waals surface area (Å²) in [6.45, 7) is 4.12. The lowest BCUT2D eigenvalue weighted by atomic mass is 10.1. The van der Waals surface area contributed by atoms with E-state index in [4.69, 9.17) is 4.42 Å². The van der Waals surface area contributed by atoms with Gasteiger partial charge in [-0.3, -0.25) is 19.5 Å². The average Bonchev–Trinajstić information content (AvgIpc) is 3.13. The fraction of sp³-hybridized carbons (Fsp3) is 0.333. The third kappa shape index (κ3) is 5.00. The van der Waals surface area contributed by atoms with Crippen molar-refractivity contribution < 1.29 is 14.0 Å². The van der Waals surface area contributed by atoms with Gasteiger partial charge < -0.3 is 14.6 Å². The van der Waals surface area contributed by atoms with Crippen LogP contribution in [0, 0.1) is 0 Å². The molecule has 0 atom stereocenters. The highest BCUT2D eigenvalue weighted by Crippen LogP contribution is 2.14. The molecule has 4 rings (SSSR count). The van der Waals surface area contributed by atoms with Gasteiger partial charge in [0, 0.05) is 50.9 Å². The number of aromatic nitrogens is 2. The second-order valence-electron chi connectivity index (χ2n) is 7.28. The van der Waals surface area contributed by atoms with Gasteiger partial charge in [0.1, 0.15) is 5.82 Å². The molecular weight excluding hydrogens is 386 g/mol. The Morgan fingerprint density at radius 1 is 1.10 bits per heavy atom. The van der Waals surface area contributed by atoms with Gasteiger partial charge in [-0.15, -0.1) is 0 Å². The molecule has 1 aliphatic heterocycles. The number of ketones is 1. The summed E-state index contributed by atoms with van der Waals surface area (Å²) in [6.07, 6.45) is 2.03. The molecule has 3 heterocycles. The van der Waals surface area contributed by atoms with E-state index < -0.39 is 5.76 Å². The molecule has 1 aromatic carbocycles. The van der Waals surface area contributed by atoms with Crippen molar-refractivity contribution in [3.8, 4) is 0 Å². The number of rotatable bonds is 7. The number of piperazine rings is 1. The van der Waals surface area contributed by atoms with Crippen LogP contribution >= 0.6 is 0 Å². The van der Waals surface area contributed by atoms with Gasteiger partial charge >= 0.3 is 5.76 Å². The number of carbonyl (C=O) groups is 2. The van der Waals surface area contributed by atoms with Gasteiger partial charge in [0.25, 0.3) is 0 Å². The monoisotopic (exact) mass is 409 g/mol. The third-order valence-electron chi connectivity index (χ3n) is 5.16. The molecule has 2 aromatic heterocycles. The Hall–Kier alpha value is -3.30. The molecule has 0 saturated carbocycles. The second-order valence-corrected chi connectivity index (χ2v) is 7.28. The number of pyridine rings is 1. The standard InChI is InChI=1S/C21H23N5O4/c27-17(15-4-5-16-18(13-15)30-21(29)23-16)6-8-25-9-11-26(12-10-25)14-20(28)24-19-3-1-2-7-22-19/h1-5,7,13H,6,8-12,14H2,(H,23,29)(H,22,24,28). The van der Waals surface area contributed by atoms with Gasteiger partial charge in [-0.1, -0.05) is 6.07 Å². The molecule has 9 nitrogen and oxygen atoms in total. The summed E-state index contributed by atoms with van der Waals surface area (Å²) < 4.78 is 5.02. The molecule has 1 amide bonds. The number of H-pyrrole nitrogens is 1. The number of aromatic amines is 1. The first-order chi connectivity index (χ1) is 14.6. The summed E-state index contributed by atoms with van der Waals surface area (Å²) in [7, 11) is 0. The number of anilines is 1. The minimum Gasteiger partial charge on any atom is -0.408 e. The molecule has 0 radical (unpaired) electrons. The maximum Gasteiger partial charge on any atom is 0.417 e. The molecule has 0 aliphatic carbocycles. The molecule has 0 bridgehead atoms. The summed E-state index contributed by atoms with van der Waals surface area (Å²) in [5.74, 6) is -0.0417. The SMILES string of the molecule is O=C(CN1CCN(CCC(=O)c2ccc3[nH]c(=O)oc3c2)CC1)Nc1ccccn1. The van der Waals surface area contributed by atoms with Crippen LogP contribution in [0.3, 0.4) is 0 Å². The highest BCUT2D eigenvalue weighted by Gasteiger charge is 2.20. The van der Waals surface area contributed by atoms with E-state index in [-0.39, 0.29) is 11.7 Å². The van der Waals surface area contributed by atoms with Gasteiger partial charge in [0.2, 0.25) is 5.91 Å². The maximum atomic E-state index is 12.5. The zero-order valence-corrected chi connectivity index (χ0v) is 16.5. The lowest BCUT2D eigenvalue weighted by Crippen LogP contribution is -2.49. The van der Waals surface area contributed by atoms with E-state index in [1.165, 1.54) is 0 Å². The molecule has 156 valence electrons. The first kappa shape index (κ1) is 20.0. The molecule has 0 spiro atoms. The number of fused-ring (bicyclic) bond motifs is 1. The van der Waals surface area contributed by atoms with Crippen LogP contribution in [-0.4, -0.2) is 70.7 Å². The number of amides is 1. The van der Waals surface area contributed by atoms with E-state index in [2.05, 4.69) is 25.1 Å². The third-order valence-corrected chi connectivity index (χ3v) is 5.16. The molecular formula is C21H23N5O4. The minimum absolute atomic E-state index is 0.0120. The quantitative estimate of drug-likeness (QED) is 0.567. The zero-order valence-electron chi connectivity index (χ0n) is 16.5. The second kappa shape index (κ2) is 9.02. The number of Topliss-reactive ketones (excluding diaryl/α,β-unsaturated/α-hetero) is 1. The van der Waals surface area contributed by atoms with E-state index in [1.807, 2.05) is 6.07 Å². The van der Waals surface area contributed by atoms with Crippen molar-refractivity contribution >= 4 is 28.6 Å². The highest BCUT2D eigenvalue weighted by atomic mass is 16.4. The number of carbonyl (C=O) groups excluding carboxylic acids is 2. The molecule has 2 N–H and O–H groups in total. The average molecular weight is 409 g/mol. The molecule has 1 fully saturated rings. The van der Waals surface area contributed by atoms with Crippen LogP contribution in [0.15, 0.2) is 51.8 Å². The molecule has 3 aromatic rings. The Bertz CT molecular complexity index is 1080. The van der Waals surface area contributed by atoms with E-state index in [0.29, 0.717) is 42.0 Å². The van der Waals surface area contributed by atoms with Crippen LogP contribution in [0.4, 0.5) is 5.82 Å². The van der Waals surface area contributed by atoms with Gasteiger partial charge in [-0.05, 0) is 30.3 Å². The Balaban J connectivity index is 1.21. The van der Waals surface area contributed by atoms with E-state index in [9.17, 15) is 14.4 Å². The molecule has 1 aliphatic rings. The number of hydrogen-bond acceptors (Lipinski definition) is 7. The summed E-state index contributed by atoms with van der Waals surface area (Å²) in [5.41, 5.74) is 1.51. The predicted octanol–water partition coefficient (Wildman–Crippen LogP) is 1.35. The summed E-state index contributed by atoms with van der Waals surface area (Å²) in [5, 5.41) is 2.79. The Kier molecular flexibility index (Phi) is 6.01. The van der Waals surface area contributed by atoms with E-state index in [1.54, 1.807) is 36.5 Å². The van der Waals surface area contributed by atoms with Crippen molar-refractivity contribution in [2.24, 2.45) is 0 Å². The van der Waals surface area contributed by atoms with Gasteiger partial charge in [0.15, 0.2) is 11.4 Å². The topological polar surface area (TPSA) is 112 Å². The van der Waals surface area contributed by atoms with Crippen LogP contribution in [0.5, 0.6) is 0 Å². The number of benzene rings is 1. The van der Waals surface area contributed by atoms with Gasteiger partial charge in [-0.25, -0.2) is 9.78 Å². The Morgan fingerprint density at radius 2 is 1.90 bits per heavy atom. The first-order valence-electron chi connectivity index (χ1n) is 9.88. The van der Waals surface area contributed by atoms with Gasteiger partial charge in [0.05, 0.1) is 12.1 Å². The number of oxazole rings is 1. The molecule has 0 unspecified atom stereocenters. The van der Waals surface area contributed by atoms with Gasteiger partial charge in [-0.2, -0.15) is 0 Å². The van der Waals surface area contributed by atoms with Crippen LogP contribution in [0.2, 0.25) is 0 Å². The van der Waals surface area contributed by atoms with Crippen LogP contribution in [0.25, 0.3) is 11.1 Å². The smallest absolute Gasteiger partial charge is 0.408 e. The summed E-state index contributed by atoms with van der Waals surface area (Å²) >= 11 is 0. The molecule has 1 saturated heterocycles. The predicted molar refractivity (Wildman–Crippen MR) is 112 cm³/mol. The van der Waals surface area contributed by atoms with Crippen molar-refractivity contribution in [1.29, 1.82) is 0 Å². The van der Waals surface area contributed by atoms with Crippen molar-refractivity contribution in [1.82, 2.24) is 19.8 Å². The summed E-state index contributed by atoms with van der Waals surface area (Å²) in [6, 6.07) is 10.4. The van der Waals surface area contributed by atoms with Crippen molar-refractivity contribution in [3.05, 3.63) is 58.7 Å². The van der Waals surface area contributed by atoms with Crippen LogP contribution < -0.4 is 11.1 Å². The fourth-order valence-corrected chi connectivity index (χ4v) is 3.52. The number of hydrogen-bond donors (Lipinski definition) is 2.